The topological polar surface area (TPSA) is 59.5 Å². The summed E-state index contributed by atoms with van der Waals surface area (Å²) in [5.41, 5.74) is 0.399. The minimum atomic E-state index is -1.15. The smallest absolute Gasteiger partial charge is 0.240 e. The Morgan fingerprint density at radius 2 is 1.96 bits per heavy atom. The van der Waals surface area contributed by atoms with E-state index < -0.39 is 13.5 Å². The molecule has 1 aromatic heterocycles. The molecule has 2 aliphatic rings. The number of hydrogen-bond acceptors (Lipinski definition) is 4. The van der Waals surface area contributed by atoms with E-state index in [0.29, 0.717) is 38.1 Å². The van der Waals surface area contributed by atoms with Crippen LogP contribution in [0.4, 0.5) is 5.82 Å². The molecule has 1 saturated carbocycles. The lowest BCUT2D eigenvalue weighted by Gasteiger charge is -2.31. The fourth-order valence-electron chi connectivity index (χ4n) is 3.55. The van der Waals surface area contributed by atoms with Crippen LogP contribution in [-0.2, 0) is 19.7 Å². The molecule has 0 bridgehead atoms. The highest BCUT2D eigenvalue weighted by Crippen LogP contribution is 2.48. The number of Topliss-reactive ketones (excluding diaryl/α,β-unsaturated/α-hetero) is 1. The summed E-state index contributed by atoms with van der Waals surface area (Å²) in [5.74, 6) is 1.02. The molecule has 1 fully saturated rings. The van der Waals surface area contributed by atoms with Crippen molar-refractivity contribution in [3.63, 3.8) is 0 Å². The zero-order valence-corrected chi connectivity index (χ0v) is 15.8. The number of carbonyl (C=O) groups is 2. The average molecular weight is 347 g/mol. The molecule has 0 unspecified atom stereocenters. The Kier molecular flexibility index (Phi) is 4.62. The van der Waals surface area contributed by atoms with Crippen molar-refractivity contribution in [1.82, 2.24) is 4.98 Å². The molecule has 1 aliphatic carbocycles. The molecule has 130 valence electrons. The molecular weight excluding hydrogens is 320 g/mol. The van der Waals surface area contributed by atoms with Crippen LogP contribution in [-0.4, -0.2) is 38.1 Å². The Morgan fingerprint density at radius 1 is 1.25 bits per heavy atom. The third-order valence-corrected chi connectivity index (χ3v) is 6.79. The number of amides is 1. The summed E-state index contributed by atoms with van der Waals surface area (Å²) in [7, 11) is -1.15. The minimum absolute atomic E-state index is 0.0525. The quantitative estimate of drug-likeness (QED) is 0.607. The summed E-state index contributed by atoms with van der Waals surface area (Å²) in [6, 6.07) is 4.93. The van der Waals surface area contributed by atoms with Gasteiger partial charge in [-0.15, -0.1) is 0 Å². The van der Waals surface area contributed by atoms with E-state index in [1.165, 1.54) is 0 Å². The summed E-state index contributed by atoms with van der Waals surface area (Å²) in [6.07, 6.45) is 3.85. The lowest BCUT2D eigenvalue weighted by molar-refractivity contribution is -0.128. The Labute approximate surface area is 144 Å². The maximum atomic E-state index is 13.1. The van der Waals surface area contributed by atoms with Crippen LogP contribution in [0.1, 0.15) is 31.2 Å². The Balaban J connectivity index is 1.77. The molecule has 0 N–H and O–H groups in total. The van der Waals surface area contributed by atoms with E-state index >= 15 is 0 Å². The van der Waals surface area contributed by atoms with E-state index in [1.54, 1.807) is 11.1 Å². The van der Waals surface area contributed by atoms with Gasteiger partial charge in [-0.3, -0.25) is 14.5 Å². The Morgan fingerprint density at radius 3 is 2.62 bits per heavy atom. The zero-order valence-electron chi connectivity index (χ0n) is 14.8. The van der Waals surface area contributed by atoms with E-state index in [0.717, 1.165) is 11.6 Å². The van der Waals surface area contributed by atoms with E-state index in [1.807, 2.05) is 12.1 Å². The van der Waals surface area contributed by atoms with Gasteiger partial charge in [-0.25, -0.2) is 4.98 Å². The van der Waals surface area contributed by atoms with Gasteiger partial charge in [0.25, 0.3) is 0 Å². The largest absolute Gasteiger partial charge is 0.361 e. The molecule has 1 amide bonds. The summed E-state index contributed by atoms with van der Waals surface area (Å²) in [4.78, 5) is 30.9. The van der Waals surface area contributed by atoms with Crippen molar-refractivity contribution in [2.45, 2.75) is 56.8 Å². The number of pyridine rings is 1. The second-order valence-electron chi connectivity index (χ2n) is 8.08. The van der Waals surface area contributed by atoms with Gasteiger partial charge in [-0.2, -0.15) is 0 Å². The van der Waals surface area contributed by atoms with E-state index in [9.17, 15) is 9.59 Å². The van der Waals surface area contributed by atoms with Crippen LogP contribution in [0.2, 0.25) is 25.7 Å². The summed E-state index contributed by atoms with van der Waals surface area (Å²) in [6.45, 7) is 7.85. The van der Waals surface area contributed by atoms with Gasteiger partial charge in [-0.05, 0) is 25.0 Å². The first-order chi connectivity index (χ1) is 11.3. The maximum absolute atomic E-state index is 13.1. The summed E-state index contributed by atoms with van der Waals surface area (Å²) >= 11 is 0. The highest BCUT2D eigenvalue weighted by Gasteiger charge is 2.52. The first kappa shape index (κ1) is 17.3. The molecule has 6 heteroatoms. The Bertz CT molecular complexity index is 644. The highest BCUT2D eigenvalue weighted by molar-refractivity contribution is 6.76. The van der Waals surface area contributed by atoms with Crippen molar-refractivity contribution in [2.24, 2.45) is 0 Å². The fraction of sp³-hybridized carbons (Fsp3) is 0.611. The number of hydrogen-bond donors (Lipinski definition) is 0. The first-order valence-electron chi connectivity index (χ1n) is 8.70. The normalized spacial score (nSPS) is 19.9. The molecule has 2 heterocycles. The highest BCUT2D eigenvalue weighted by atomic mass is 28.3. The van der Waals surface area contributed by atoms with Gasteiger partial charge in [0, 0.05) is 39.3 Å². The first-order valence-corrected chi connectivity index (χ1v) is 12.4. The monoisotopic (exact) mass is 346 g/mol. The molecule has 0 atom stereocenters. The molecule has 0 radical (unpaired) electrons. The number of nitrogens with zero attached hydrogens (tertiary/aromatic N) is 2. The number of ketones is 1. The predicted octanol–water partition coefficient (Wildman–Crippen LogP) is 3.12. The molecule has 1 aliphatic heterocycles. The van der Waals surface area contributed by atoms with Gasteiger partial charge in [-0.1, -0.05) is 25.7 Å². The third kappa shape index (κ3) is 3.17. The standard InChI is InChI=1S/C18H26N2O3Si/c1-24(2,3)12-11-23-13-20-16-15(5-4-10-19-16)18(17(20)22)8-6-14(21)7-9-18/h4-5,10H,6-9,11-13H2,1-3H3. The van der Waals surface area contributed by atoms with Gasteiger partial charge in [0.2, 0.25) is 5.91 Å². The van der Waals surface area contributed by atoms with E-state index in [-0.39, 0.29) is 18.4 Å². The van der Waals surface area contributed by atoms with Gasteiger partial charge in [0.1, 0.15) is 18.3 Å². The molecule has 1 aromatic rings. The lowest BCUT2D eigenvalue weighted by atomic mass is 9.70. The average Bonchev–Trinajstić information content (AvgIpc) is 2.76. The van der Waals surface area contributed by atoms with Crippen LogP contribution in [0.5, 0.6) is 0 Å². The van der Waals surface area contributed by atoms with Crippen molar-refractivity contribution in [3.05, 3.63) is 23.9 Å². The molecule has 0 saturated heterocycles. The van der Waals surface area contributed by atoms with Crippen molar-refractivity contribution in [2.75, 3.05) is 18.2 Å². The second kappa shape index (κ2) is 6.41. The van der Waals surface area contributed by atoms with E-state index in [2.05, 4.69) is 24.6 Å². The summed E-state index contributed by atoms with van der Waals surface area (Å²) in [5, 5.41) is 0. The fourth-order valence-corrected chi connectivity index (χ4v) is 4.30. The number of rotatable bonds is 5. The zero-order chi connectivity index (χ0) is 17.4. The molecular formula is C18H26N2O3Si. The van der Waals surface area contributed by atoms with Crippen molar-refractivity contribution in [1.29, 1.82) is 0 Å². The van der Waals surface area contributed by atoms with Gasteiger partial charge in [0.15, 0.2) is 0 Å². The van der Waals surface area contributed by atoms with Gasteiger partial charge >= 0.3 is 0 Å². The molecule has 1 spiro atoms. The van der Waals surface area contributed by atoms with Crippen LogP contribution >= 0.6 is 0 Å². The SMILES string of the molecule is C[Si](C)(C)CCOCN1C(=O)C2(CCC(=O)CC2)c2cccnc21. The second-order valence-corrected chi connectivity index (χ2v) is 13.7. The number of aromatic nitrogens is 1. The molecule has 5 nitrogen and oxygen atoms in total. The minimum Gasteiger partial charge on any atom is -0.361 e. The van der Waals surface area contributed by atoms with E-state index in [4.69, 9.17) is 4.74 Å². The van der Waals surface area contributed by atoms with Crippen LogP contribution in [0.25, 0.3) is 0 Å². The van der Waals surface area contributed by atoms with Crippen LogP contribution < -0.4 is 4.90 Å². The van der Waals surface area contributed by atoms with Gasteiger partial charge in [0.05, 0.1) is 5.41 Å². The van der Waals surface area contributed by atoms with Crippen molar-refractivity contribution >= 4 is 25.6 Å². The number of anilines is 1. The molecule has 24 heavy (non-hydrogen) atoms. The predicted molar refractivity (Wildman–Crippen MR) is 95.8 cm³/mol. The van der Waals surface area contributed by atoms with Crippen LogP contribution in [0.15, 0.2) is 18.3 Å². The molecule has 3 rings (SSSR count). The Hall–Kier alpha value is -1.53. The number of carbonyl (C=O) groups excluding carboxylic acids is 2. The molecule has 0 aromatic carbocycles. The van der Waals surface area contributed by atoms with Crippen LogP contribution in [0.3, 0.4) is 0 Å². The summed E-state index contributed by atoms with van der Waals surface area (Å²) < 4.78 is 5.81. The van der Waals surface area contributed by atoms with Crippen molar-refractivity contribution < 1.29 is 14.3 Å². The maximum Gasteiger partial charge on any atom is 0.240 e. The van der Waals surface area contributed by atoms with Crippen LogP contribution in [0, 0.1) is 0 Å². The number of ether oxygens (including phenoxy) is 1. The van der Waals surface area contributed by atoms with Gasteiger partial charge < -0.3 is 4.74 Å². The lowest BCUT2D eigenvalue weighted by Crippen LogP contribution is -2.44. The van der Waals surface area contributed by atoms with Crippen molar-refractivity contribution in [3.8, 4) is 0 Å². The third-order valence-electron chi connectivity index (χ3n) is 5.09. The number of fused-ring (bicyclic) bond motifs is 2.